The Hall–Kier alpha value is -1.42. The molecule has 17 heavy (non-hydrogen) atoms. The zero-order valence-corrected chi connectivity index (χ0v) is 10.3. The molecule has 0 fully saturated rings. The second-order valence-corrected chi connectivity index (χ2v) is 4.41. The molecule has 1 amide bonds. The van der Waals surface area contributed by atoms with Gasteiger partial charge < -0.3 is 10.4 Å². The molecule has 0 radical (unpaired) electrons. The number of benzene rings is 1. The fourth-order valence-electron chi connectivity index (χ4n) is 1.39. The summed E-state index contributed by atoms with van der Waals surface area (Å²) in [6.07, 6.45) is 0. The van der Waals surface area contributed by atoms with Gasteiger partial charge in [-0.1, -0.05) is 13.0 Å². The molecular formula is C13H18FNO2. The van der Waals surface area contributed by atoms with Crippen molar-refractivity contribution >= 4 is 5.91 Å². The first-order valence-corrected chi connectivity index (χ1v) is 5.63. The van der Waals surface area contributed by atoms with E-state index in [-0.39, 0.29) is 24.1 Å². The third kappa shape index (κ3) is 3.53. The lowest BCUT2D eigenvalue weighted by Gasteiger charge is -2.19. The molecule has 94 valence electrons. The first-order valence-electron chi connectivity index (χ1n) is 5.63. The summed E-state index contributed by atoms with van der Waals surface area (Å²) in [5.74, 6) is -1.03. The van der Waals surface area contributed by atoms with Crippen molar-refractivity contribution in [2.45, 2.75) is 26.8 Å². The summed E-state index contributed by atoms with van der Waals surface area (Å²) in [4.78, 5) is 11.8. The van der Waals surface area contributed by atoms with Crippen LogP contribution < -0.4 is 5.32 Å². The van der Waals surface area contributed by atoms with Gasteiger partial charge >= 0.3 is 0 Å². The number of aliphatic hydroxyl groups is 1. The molecule has 1 aromatic carbocycles. The molecule has 0 heterocycles. The van der Waals surface area contributed by atoms with Crippen molar-refractivity contribution in [3.05, 3.63) is 35.1 Å². The topological polar surface area (TPSA) is 49.3 Å². The highest BCUT2D eigenvalue weighted by atomic mass is 19.1. The maximum Gasteiger partial charge on any atom is 0.254 e. The highest BCUT2D eigenvalue weighted by molar-refractivity contribution is 5.94. The van der Waals surface area contributed by atoms with Gasteiger partial charge in [0.2, 0.25) is 0 Å². The normalized spacial score (nSPS) is 14.2. The fourth-order valence-corrected chi connectivity index (χ4v) is 1.39. The molecule has 2 unspecified atom stereocenters. The van der Waals surface area contributed by atoms with Gasteiger partial charge in [0.05, 0.1) is 5.56 Å². The van der Waals surface area contributed by atoms with Crippen LogP contribution in [0.15, 0.2) is 18.2 Å². The minimum absolute atomic E-state index is 0.0160. The Morgan fingerprint density at radius 2 is 2.12 bits per heavy atom. The van der Waals surface area contributed by atoms with Crippen LogP contribution in [0.25, 0.3) is 0 Å². The van der Waals surface area contributed by atoms with Crippen LogP contribution in [-0.4, -0.2) is 23.7 Å². The molecule has 0 spiro atoms. The Morgan fingerprint density at radius 1 is 1.47 bits per heavy atom. The van der Waals surface area contributed by atoms with Gasteiger partial charge in [0, 0.05) is 12.6 Å². The van der Waals surface area contributed by atoms with Crippen molar-refractivity contribution in [1.82, 2.24) is 5.32 Å². The number of hydrogen-bond donors (Lipinski definition) is 2. The van der Waals surface area contributed by atoms with Crippen LogP contribution in [0.5, 0.6) is 0 Å². The maximum atomic E-state index is 13.5. The molecule has 2 N–H and O–H groups in total. The van der Waals surface area contributed by atoms with Gasteiger partial charge in [0.25, 0.3) is 5.91 Å². The molecule has 1 aromatic rings. The van der Waals surface area contributed by atoms with Crippen molar-refractivity contribution < 1.29 is 14.3 Å². The van der Waals surface area contributed by atoms with Crippen LogP contribution >= 0.6 is 0 Å². The van der Waals surface area contributed by atoms with Crippen LogP contribution in [0, 0.1) is 18.7 Å². The highest BCUT2D eigenvalue weighted by Gasteiger charge is 2.17. The van der Waals surface area contributed by atoms with E-state index in [1.807, 2.05) is 6.92 Å². The largest absolute Gasteiger partial charge is 0.396 e. The molecule has 0 bridgehead atoms. The second-order valence-electron chi connectivity index (χ2n) is 4.41. The molecule has 0 saturated carbocycles. The zero-order chi connectivity index (χ0) is 13.0. The number of hydrogen-bond acceptors (Lipinski definition) is 2. The maximum absolute atomic E-state index is 13.5. The van der Waals surface area contributed by atoms with Crippen LogP contribution in [-0.2, 0) is 0 Å². The van der Waals surface area contributed by atoms with Crippen molar-refractivity contribution in [1.29, 1.82) is 0 Å². The summed E-state index contributed by atoms with van der Waals surface area (Å²) >= 11 is 0. The van der Waals surface area contributed by atoms with Crippen LogP contribution in [0.3, 0.4) is 0 Å². The van der Waals surface area contributed by atoms with Gasteiger partial charge in [-0.05, 0) is 37.5 Å². The van der Waals surface area contributed by atoms with Gasteiger partial charge in [-0.3, -0.25) is 4.79 Å². The Kier molecular flexibility index (Phi) is 4.63. The summed E-state index contributed by atoms with van der Waals surface area (Å²) in [6.45, 7) is 5.35. The van der Waals surface area contributed by atoms with Crippen LogP contribution in [0.1, 0.15) is 29.8 Å². The van der Waals surface area contributed by atoms with Gasteiger partial charge in [-0.15, -0.1) is 0 Å². The van der Waals surface area contributed by atoms with Crippen molar-refractivity contribution in [3.8, 4) is 0 Å². The Bertz CT molecular complexity index is 406. The van der Waals surface area contributed by atoms with Gasteiger partial charge in [-0.2, -0.15) is 0 Å². The Morgan fingerprint density at radius 3 is 2.65 bits per heavy atom. The minimum Gasteiger partial charge on any atom is -0.396 e. The monoisotopic (exact) mass is 239 g/mol. The summed E-state index contributed by atoms with van der Waals surface area (Å²) in [7, 11) is 0. The number of carbonyl (C=O) groups excluding carboxylic acids is 1. The number of halogens is 1. The standard InChI is InChI=1S/C13H18FNO2/c1-8-4-5-11(12(14)6-8)13(17)15-10(3)9(2)7-16/h4-6,9-10,16H,7H2,1-3H3,(H,15,17). The van der Waals surface area contributed by atoms with Crippen molar-refractivity contribution in [3.63, 3.8) is 0 Å². The minimum atomic E-state index is -0.522. The fraction of sp³-hybridized carbons (Fsp3) is 0.462. The van der Waals surface area contributed by atoms with Gasteiger partial charge in [-0.25, -0.2) is 4.39 Å². The van der Waals surface area contributed by atoms with E-state index in [9.17, 15) is 9.18 Å². The lowest BCUT2D eigenvalue weighted by Crippen LogP contribution is -2.38. The second kappa shape index (κ2) is 5.77. The third-order valence-corrected chi connectivity index (χ3v) is 2.87. The van der Waals surface area contributed by atoms with Gasteiger partial charge in [0.15, 0.2) is 0 Å². The smallest absolute Gasteiger partial charge is 0.254 e. The van der Waals surface area contributed by atoms with E-state index in [0.717, 1.165) is 5.56 Å². The number of amides is 1. The van der Waals surface area contributed by atoms with E-state index < -0.39 is 11.7 Å². The SMILES string of the molecule is Cc1ccc(C(=O)NC(C)C(C)CO)c(F)c1. The molecule has 1 rings (SSSR count). The number of rotatable bonds is 4. The lowest BCUT2D eigenvalue weighted by molar-refractivity contribution is 0.0912. The predicted octanol–water partition coefficient (Wildman–Crippen LogP) is 1.88. The van der Waals surface area contributed by atoms with Crippen molar-refractivity contribution in [2.75, 3.05) is 6.61 Å². The highest BCUT2D eigenvalue weighted by Crippen LogP contribution is 2.11. The average Bonchev–Trinajstić information content (AvgIpc) is 2.27. The van der Waals surface area contributed by atoms with Gasteiger partial charge in [0.1, 0.15) is 5.82 Å². The number of nitrogens with one attached hydrogen (secondary N) is 1. The first kappa shape index (κ1) is 13.6. The number of aryl methyl sites for hydroxylation is 1. The van der Waals surface area contributed by atoms with E-state index in [1.165, 1.54) is 12.1 Å². The molecule has 0 aliphatic heterocycles. The van der Waals surface area contributed by atoms with Crippen LogP contribution in [0.2, 0.25) is 0 Å². The van der Waals surface area contributed by atoms with E-state index in [4.69, 9.17) is 5.11 Å². The summed E-state index contributed by atoms with van der Waals surface area (Å²) in [5, 5.41) is 11.6. The molecule has 0 aromatic heterocycles. The first-order chi connectivity index (χ1) is 7.95. The van der Waals surface area contributed by atoms with Crippen molar-refractivity contribution in [2.24, 2.45) is 5.92 Å². The van der Waals surface area contributed by atoms with Crippen LogP contribution in [0.4, 0.5) is 4.39 Å². The van der Waals surface area contributed by atoms with E-state index in [0.29, 0.717) is 0 Å². The molecule has 0 aliphatic carbocycles. The zero-order valence-electron chi connectivity index (χ0n) is 10.3. The molecule has 2 atom stereocenters. The summed E-state index contributed by atoms with van der Waals surface area (Å²) < 4.78 is 13.5. The molecule has 4 heteroatoms. The Labute approximate surface area is 101 Å². The molecule has 0 saturated heterocycles. The van der Waals surface area contributed by atoms with E-state index in [1.54, 1.807) is 19.9 Å². The Balaban J connectivity index is 2.76. The molecule has 0 aliphatic rings. The van der Waals surface area contributed by atoms with E-state index >= 15 is 0 Å². The summed E-state index contributed by atoms with van der Waals surface area (Å²) in [5.41, 5.74) is 0.809. The number of aliphatic hydroxyl groups excluding tert-OH is 1. The molecular weight excluding hydrogens is 221 g/mol. The predicted molar refractivity (Wildman–Crippen MR) is 64.3 cm³/mol. The third-order valence-electron chi connectivity index (χ3n) is 2.87. The summed E-state index contributed by atoms with van der Waals surface area (Å²) in [6, 6.07) is 4.29. The molecule has 3 nitrogen and oxygen atoms in total. The lowest BCUT2D eigenvalue weighted by atomic mass is 10.0. The quantitative estimate of drug-likeness (QED) is 0.842. The van der Waals surface area contributed by atoms with E-state index in [2.05, 4.69) is 5.32 Å². The average molecular weight is 239 g/mol. The number of carbonyl (C=O) groups is 1.